The van der Waals surface area contributed by atoms with Crippen LogP contribution in [0.15, 0.2) is 11.6 Å². The number of hydrogen-bond acceptors (Lipinski definition) is 3. The fraction of sp³-hybridized carbons (Fsp3) is 0.818. The molecule has 2 rings (SSSR count). The highest BCUT2D eigenvalue weighted by molar-refractivity contribution is 5.16. The predicted molar refractivity (Wildman–Crippen MR) is 52.7 cm³/mol. The number of methoxy groups -OCH3 is 1. The van der Waals surface area contributed by atoms with Crippen molar-refractivity contribution >= 4 is 0 Å². The Morgan fingerprint density at radius 2 is 2.36 bits per heavy atom. The first-order valence-corrected chi connectivity index (χ1v) is 5.25. The smallest absolute Gasteiger partial charge is 0.146 e. The second kappa shape index (κ2) is 4.43. The SMILES string of the molecule is COCO[C@@H]1C[C@H]2C[C@@H]1CC=C2CO. The van der Waals surface area contributed by atoms with E-state index in [1.807, 2.05) is 0 Å². The molecule has 0 aromatic heterocycles. The predicted octanol–water partition coefficient (Wildman–Crippen LogP) is 1.32. The molecule has 0 heterocycles. The molecule has 2 aliphatic rings. The Morgan fingerprint density at radius 3 is 3.07 bits per heavy atom. The third-order valence-electron chi connectivity index (χ3n) is 3.42. The van der Waals surface area contributed by atoms with Crippen molar-refractivity contribution in [1.29, 1.82) is 0 Å². The van der Waals surface area contributed by atoms with Crippen molar-refractivity contribution in [2.75, 3.05) is 20.5 Å². The van der Waals surface area contributed by atoms with E-state index in [0.717, 1.165) is 12.8 Å². The van der Waals surface area contributed by atoms with Crippen LogP contribution < -0.4 is 0 Å². The fourth-order valence-electron chi connectivity index (χ4n) is 2.66. The van der Waals surface area contributed by atoms with E-state index in [1.165, 1.54) is 12.0 Å². The third-order valence-corrected chi connectivity index (χ3v) is 3.42. The van der Waals surface area contributed by atoms with E-state index in [0.29, 0.717) is 24.7 Å². The van der Waals surface area contributed by atoms with Gasteiger partial charge in [0.1, 0.15) is 6.79 Å². The molecule has 0 spiro atoms. The van der Waals surface area contributed by atoms with Gasteiger partial charge in [0.15, 0.2) is 0 Å². The quantitative estimate of drug-likeness (QED) is 0.547. The highest BCUT2D eigenvalue weighted by atomic mass is 16.7. The molecule has 1 saturated carbocycles. The summed E-state index contributed by atoms with van der Waals surface area (Å²) in [5.74, 6) is 1.20. The van der Waals surface area contributed by atoms with Crippen LogP contribution in [0.25, 0.3) is 0 Å². The van der Waals surface area contributed by atoms with Crippen LogP contribution >= 0.6 is 0 Å². The maximum Gasteiger partial charge on any atom is 0.146 e. The van der Waals surface area contributed by atoms with Gasteiger partial charge in [0, 0.05) is 7.11 Å². The molecule has 0 saturated heterocycles. The van der Waals surface area contributed by atoms with E-state index in [2.05, 4.69) is 6.08 Å². The number of rotatable bonds is 4. The number of ether oxygens (including phenoxy) is 2. The zero-order chi connectivity index (χ0) is 9.97. The van der Waals surface area contributed by atoms with Crippen LogP contribution in [-0.2, 0) is 9.47 Å². The number of aliphatic hydroxyl groups is 1. The molecule has 3 heteroatoms. The minimum absolute atomic E-state index is 0.217. The molecule has 0 aliphatic heterocycles. The lowest BCUT2D eigenvalue weighted by molar-refractivity contribution is -0.0830. The number of allylic oxidation sites excluding steroid dienone is 1. The van der Waals surface area contributed by atoms with Crippen LogP contribution in [-0.4, -0.2) is 31.7 Å². The van der Waals surface area contributed by atoms with Crippen LogP contribution in [0, 0.1) is 11.8 Å². The highest BCUT2D eigenvalue weighted by Crippen LogP contribution is 2.43. The minimum Gasteiger partial charge on any atom is -0.392 e. The van der Waals surface area contributed by atoms with Gasteiger partial charge in [0.2, 0.25) is 0 Å². The molecule has 0 aromatic rings. The van der Waals surface area contributed by atoms with Crippen molar-refractivity contribution in [3.63, 3.8) is 0 Å². The summed E-state index contributed by atoms with van der Waals surface area (Å²) in [7, 11) is 1.65. The van der Waals surface area contributed by atoms with Crippen molar-refractivity contribution in [3.05, 3.63) is 11.6 Å². The number of hydrogen-bond donors (Lipinski definition) is 1. The Kier molecular flexibility index (Phi) is 3.21. The summed E-state index contributed by atoms with van der Waals surface area (Å²) in [4.78, 5) is 0. The van der Waals surface area contributed by atoms with Crippen molar-refractivity contribution in [2.24, 2.45) is 11.8 Å². The first-order chi connectivity index (χ1) is 6.85. The number of aliphatic hydroxyl groups excluding tert-OH is 1. The number of fused-ring (bicyclic) bond motifs is 2. The largest absolute Gasteiger partial charge is 0.392 e. The molecule has 0 amide bonds. The molecular formula is C11H18O3. The molecule has 1 fully saturated rings. The molecule has 0 unspecified atom stereocenters. The Balaban J connectivity index is 1.92. The van der Waals surface area contributed by atoms with E-state index in [1.54, 1.807) is 7.11 Å². The summed E-state index contributed by atoms with van der Waals surface area (Å²) >= 11 is 0. The maximum absolute atomic E-state index is 9.14. The van der Waals surface area contributed by atoms with Crippen LogP contribution in [0.4, 0.5) is 0 Å². The summed E-state index contributed by atoms with van der Waals surface area (Å²) in [5, 5.41) is 9.14. The lowest BCUT2D eigenvalue weighted by atomic mass is 9.89. The summed E-state index contributed by atoms with van der Waals surface area (Å²) in [6.07, 6.45) is 5.82. The van der Waals surface area contributed by atoms with E-state index >= 15 is 0 Å². The van der Waals surface area contributed by atoms with Crippen molar-refractivity contribution < 1.29 is 14.6 Å². The topological polar surface area (TPSA) is 38.7 Å². The van der Waals surface area contributed by atoms with Gasteiger partial charge in [-0.15, -0.1) is 0 Å². The average molecular weight is 198 g/mol. The lowest BCUT2D eigenvalue weighted by Crippen LogP contribution is -2.18. The van der Waals surface area contributed by atoms with Crippen molar-refractivity contribution in [1.82, 2.24) is 0 Å². The molecular weight excluding hydrogens is 180 g/mol. The summed E-state index contributed by atoms with van der Waals surface area (Å²) in [5.41, 5.74) is 1.21. The van der Waals surface area contributed by atoms with Gasteiger partial charge < -0.3 is 14.6 Å². The molecule has 3 atom stereocenters. The molecule has 14 heavy (non-hydrogen) atoms. The zero-order valence-electron chi connectivity index (χ0n) is 8.61. The van der Waals surface area contributed by atoms with Crippen molar-refractivity contribution in [3.8, 4) is 0 Å². The van der Waals surface area contributed by atoms with Crippen LogP contribution in [0.5, 0.6) is 0 Å². The van der Waals surface area contributed by atoms with Crippen molar-refractivity contribution in [2.45, 2.75) is 25.4 Å². The minimum atomic E-state index is 0.217. The second-order valence-corrected chi connectivity index (χ2v) is 4.21. The summed E-state index contributed by atoms with van der Waals surface area (Å²) < 4.78 is 10.5. The van der Waals surface area contributed by atoms with Gasteiger partial charge in [-0.3, -0.25) is 0 Å². The monoisotopic (exact) mass is 198 g/mol. The molecule has 2 bridgehead atoms. The standard InChI is InChI=1S/C11H18O3/c1-13-7-14-11-5-10-4-8(11)2-3-9(10)6-12/h3,8,10-12H,2,4-7H2,1H3/t8-,10+,11+/m0/s1. The van der Waals surface area contributed by atoms with Gasteiger partial charge in [0.05, 0.1) is 12.7 Å². The van der Waals surface area contributed by atoms with Gasteiger partial charge in [-0.2, -0.15) is 0 Å². The summed E-state index contributed by atoms with van der Waals surface area (Å²) in [6, 6.07) is 0. The van der Waals surface area contributed by atoms with E-state index in [-0.39, 0.29) is 6.61 Å². The second-order valence-electron chi connectivity index (χ2n) is 4.21. The van der Waals surface area contributed by atoms with E-state index in [9.17, 15) is 0 Å². The maximum atomic E-state index is 9.14. The first kappa shape index (κ1) is 10.1. The normalized spacial score (nSPS) is 35.9. The Labute approximate surface area is 84.7 Å². The van der Waals surface area contributed by atoms with Gasteiger partial charge in [-0.05, 0) is 36.7 Å². The lowest BCUT2D eigenvalue weighted by Gasteiger charge is -2.20. The molecule has 80 valence electrons. The Hall–Kier alpha value is -0.380. The van der Waals surface area contributed by atoms with Crippen LogP contribution in [0.1, 0.15) is 19.3 Å². The van der Waals surface area contributed by atoms with E-state index in [4.69, 9.17) is 14.6 Å². The summed E-state index contributed by atoms with van der Waals surface area (Å²) in [6.45, 7) is 0.608. The zero-order valence-corrected chi connectivity index (χ0v) is 8.61. The molecule has 1 N–H and O–H groups in total. The Bertz CT molecular complexity index is 225. The molecule has 2 aliphatic carbocycles. The van der Waals surface area contributed by atoms with E-state index < -0.39 is 0 Å². The van der Waals surface area contributed by atoms with Gasteiger partial charge >= 0.3 is 0 Å². The van der Waals surface area contributed by atoms with Crippen LogP contribution in [0.3, 0.4) is 0 Å². The average Bonchev–Trinajstić information content (AvgIpc) is 2.54. The third kappa shape index (κ3) is 1.85. The highest BCUT2D eigenvalue weighted by Gasteiger charge is 2.38. The molecule has 0 radical (unpaired) electrons. The first-order valence-electron chi connectivity index (χ1n) is 5.25. The van der Waals surface area contributed by atoms with Gasteiger partial charge in [-0.25, -0.2) is 0 Å². The van der Waals surface area contributed by atoms with Gasteiger partial charge in [-0.1, -0.05) is 6.08 Å². The fourth-order valence-corrected chi connectivity index (χ4v) is 2.66. The Morgan fingerprint density at radius 1 is 1.50 bits per heavy atom. The molecule has 3 nitrogen and oxygen atoms in total. The van der Waals surface area contributed by atoms with Gasteiger partial charge in [0.25, 0.3) is 0 Å². The van der Waals surface area contributed by atoms with Crippen LogP contribution in [0.2, 0.25) is 0 Å². The molecule has 0 aromatic carbocycles.